The number of hydrogen-bond donors (Lipinski definition) is 3. The predicted molar refractivity (Wildman–Crippen MR) is 76.0 cm³/mol. The minimum absolute atomic E-state index is 0.138. The average Bonchev–Trinajstić information content (AvgIpc) is 2.37. The molecule has 19 heavy (non-hydrogen) atoms. The van der Waals surface area contributed by atoms with Gasteiger partial charge in [0.25, 0.3) is 5.91 Å². The van der Waals surface area contributed by atoms with E-state index >= 15 is 0 Å². The lowest BCUT2D eigenvalue weighted by molar-refractivity contribution is 0.0850. The van der Waals surface area contributed by atoms with Gasteiger partial charge in [0.2, 0.25) is 0 Å². The highest BCUT2D eigenvalue weighted by atomic mass is 35.5. The number of hydrazine groups is 1. The molecule has 0 unspecified atom stereocenters. The fourth-order valence-electron chi connectivity index (χ4n) is 2.40. The van der Waals surface area contributed by atoms with Gasteiger partial charge in [0.05, 0.1) is 0 Å². The largest absolute Gasteiger partial charge is 0.351 e. The van der Waals surface area contributed by atoms with Gasteiger partial charge in [-0.2, -0.15) is 0 Å². The summed E-state index contributed by atoms with van der Waals surface area (Å²) in [6.07, 6.45) is 4.74. The smallest absolute Gasteiger partial charge is 0.251 e. The van der Waals surface area contributed by atoms with Crippen LogP contribution in [-0.2, 0) is 0 Å². The first-order valence-electron chi connectivity index (χ1n) is 6.51. The molecule has 0 atom stereocenters. The first-order valence-corrected chi connectivity index (χ1v) is 6.89. The van der Waals surface area contributed by atoms with Crippen molar-refractivity contribution in [3.05, 3.63) is 22.8 Å². The minimum atomic E-state index is -0.138. The Morgan fingerprint density at radius 2 is 2.26 bits per heavy atom. The van der Waals surface area contributed by atoms with Crippen LogP contribution in [0.5, 0.6) is 0 Å². The van der Waals surface area contributed by atoms with E-state index in [2.05, 4.69) is 22.7 Å². The number of carbonyl (C=O) groups is 1. The summed E-state index contributed by atoms with van der Waals surface area (Å²) < 4.78 is 0. The highest BCUT2D eigenvalue weighted by molar-refractivity contribution is 6.29. The van der Waals surface area contributed by atoms with Gasteiger partial charge >= 0.3 is 0 Å². The van der Waals surface area contributed by atoms with Gasteiger partial charge in [-0.3, -0.25) is 4.79 Å². The average molecular weight is 283 g/mol. The minimum Gasteiger partial charge on any atom is -0.351 e. The number of pyridine rings is 1. The Labute approximate surface area is 117 Å². The van der Waals surface area contributed by atoms with Crippen LogP contribution < -0.4 is 16.6 Å². The summed E-state index contributed by atoms with van der Waals surface area (Å²) in [7, 11) is 0. The number of amides is 1. The number of aromatic nitrogens is 1. The molecule has 1 heterocycles. The molecule has 2 rings (SSSR count). The molecule has 0 aromatic carbocycles. The van der Waals surface area contributed by atoms with E-state index in [0.717, 1.165) is 6.42 Å². The summed E-state index contributed by atoms with van der Waals surface area (Å²) in [6.45, 7) is 2.89. The molecule has 1 aromatic rings. The summed E-state index contributed by atoms with van der Waals surface area (Å²) >= 11 is 5.84. The molecule has 6 heteroatoms. The second kappa shape index (κ2) is 5.75. The molecule has 5 nitrogen and oxygen atoms in total. The van der Waals surface area contributed by atoms with Gasteiger partial charge in [0, 0.05) is 12.1 Å². The normalized spacial score (nSPS) is 16.6. The Morgan fingerprint density at radius 1 is 1.53 bits per heavy atom. The molecule has 104 valence electrons. The Bertz CT molecular complexity index is 468. The first-order chi connectivity index (χ1) is 9.08. The number of rotatable bonds is 5. The molecule has 0 aliphatic heterocycles. The van der Waals surface area contributed by atoms with Crippen molar-refractivity contribution in [2.24, 2.45) is 11.3 Å². The van der Waals surface area contributed by atoms with E-state index < -0.39 is 0 Å². The Kier molecular flexibility index (Phi) is 4.27. The zero-order valence-electron chi connectivity index (χ0n) is 11.0. The first kappa shape index (κ1) is 14.1. The fourth-order valence-corrected chi connectivity index (χ4v) is 2.61. The predicted octanol–water partition coefficient (Wildman–Crippen LogP) is 2.33. The van der Waals surface area contributed by atoms with Gasteiger partial charge < -0.3 is 10.7 Å². The lowest BCUT2D eigenvalue weighted by Crippen LogP contribution is -2.41. The lowest BCUT2D eigenvalue weighted by atomic mass is 9.67. The molecule has 0 radical (unpaired) electrons. The third-order valence-electron chi connectivity index (χ3n) is 3.99. The van der Waals surface area contributed by atoms with Crippen LogP contribution in [0.3, 0.4) is 0 Å². The number of anilines is 1. The van der Waals surface area contributed by atoms with Crippen LogP contribution >= 0.6 is 11.6 Å². The maximum Gasteiger partial charge on any atom is 0.251 e. The summed E-state index contributed by atoms with van der Waals surface area (Å²) in [5.74, 6) is 5.52. The van der Waals surface area contributed by atoms with Gasteiger partial charge in [0.1, 0.15) is 11.0 Å². The zero-order chi connectivity index (χ0) is 13.9. The van der Waals surface area contributed by atoms with Gasteiger partial charge in [-0.25, -0.2) is 10.8 Å². The SMILES string of the molecule is CCC1(CNC(=O)c2cc(Cl)nc(NN)c2)CCC1. The number of nitrogens with two attached hydrogens (primary N) is 1. The summed E-state index contributed by atoms with van der Waals surface area (Å²) in [4.78, 5) is 16.0. The third-order valence-corrected chi connectivity index (χ3v) is 4.19. The van der Waals surface area contributed by atoms with Crippen LogP contribution in [0.25, 0.3) is 0 Å². The Hall–Kier alpha value is -1.33. The molecule has 1 aliphatic rings. The van der Waals surface area contributed by atoms with Crippen molar-refractivity contribution in [1.29, 1.82) is 0 Å². The van der Waals surface area contributed by atoms with E-state index in [9.17, 15) is 4.79 Å². The number of nitrogens with one attached hydrogen (secondary N) is 2. The number of halogens is 1. The molecule has 0 saturated heterocycles. The lowest BCUT2D eigenvalue weighted by Gasteiger charge is -2.41. The molecule has 0 bridgehead atoms. The summed E-state index contributed by atoms with van der Waals surface area (Å²) in [5, 5.41) is 3.22. The van der Waals surface area contributed by atoms with E-state index in [0.29, 0.717) is 23.3 Å². The highest BCUT2D eigenvalue weighted by Crippen LogP contribution is 2.43. The topological polar surface area (TPSA) is 80.0 Å². The van der Waals surface area contributed by atoms with Crippen molar-refractivity contribution in [3.63, 3.8) is 0 Å². The van der Waals surface area contributed by atoms with E-state index in [-0.39, 0.29) is 11.1 Å². The third kappa shape index (κ3) is 3.16. The Balaban J connectivity index is 2.01. The quantitative estimate of drug-likeness (QED) is 0.440. The zero-order valence-corrected chi connectivity index (χ0v) is 11.8. The van der Waals surface area contributed by atoms with Crippen molar-refractivity contribution in [3.8, 4) is 0 Å². The van der Waals surface area contributed by atoms with Crippen LogP contribution in [-0.4, -0.2) is 17.4 Å². The van der Waals surface area contributed by atoms with E-state index in [4.69, 9.17) is 17.4 Å². The van der Waals surface area contributed by atoms with Gasteiger partial charge in [-0.15, -0.1) is 0 Å². The van der Waals surface area contributed by atoms with Crippen LogP contribution in [0.2, 0.25) is 5.15 Å². The van der Waals surface area contributed by atoms with Crippen LogP contribution in [0.4, 0.5) is 5.82 Å². The molecule has 1 saturated carbocycles. The molecule has 4 N–H and O–H groups in total. The van der Waals surface area contributed by atoms with Crippen molar-refractivity contribution < 1.29 is 4.79 Å². The van der Waals surface area contributed by atoms with E-state index in [1.54, 1.807) is 6.07 Å². The van der Waals surface area contributed by atoms with Crippen molar-refractivity contribution in [1.82, 2.24) is 10.3 Å². The number of carbonyl (C=O) groups excluding carboxylic acids is 1. The van der Waals surface area contributed by atoms with Gasteiger partial charge in [0.15, 0.2) is 0 Å². The van der Waals surface area contributed by atoms with Crippen LogP contribution in [0, 0.1) is 5.41 Å². The van der Waals surface area contributed by atoms with Gasteiger partial charge in [-0.1, -0.05) is 24.9 Å². The molecule has 1 fully saturated rings. The number of hydrogen-bond acceptors (Lipinski definition) is 4. The summed E-state index contributed by atoms with van der Waals surface area (Å²) in [5.41, 5.74) is 3.16. The molecule has 0 spiro atoms. The molecule has 1 aromatic heterocycles. The van der Waals surface area contributed by atoms with Crippen LogP contribution in [0.15, 0.2) is 12.1 Å². The molecular weight excluding hydrogens is 264 g/mol. The maximum absolute atomic E-state index is 12.1. The fraction of sp³-hybridized carbons (Fsp3) is 0.538. The van der Waals surface area contributed by atoms with Crippen molar-refractivity contribution in [2.45, 2.75) is 32.6 Å². The maximum atomic E-state index is 12.1. The van der Waals surface area contributed by atoms with Crippen molar-refractivity contribution in [2.75, 3.05) is 12.0 Å². The molecule has 1 aliphatic carbocycles. The molecular formula is C13H19ClN4O. The van der Waals surface area contributed by atoms with E-state index in [1.807, 2.05) is 0 Å². The standard InChI is InChI=1S/C13H19ClN4O/c1-2-13(4-3-5-13)8-16-12(19)9-6-10(14)17-11(7-9)18-15/h6-7H,2-5,8,15H2,1H3,(H,16,19)(H,17,18). The van der Waals surface area contributed by atoms with Crippen molar-refractivity contribution >= 4 is 23.3 Å². The number of nitrogens with zero attached hydrogens (tertiary/aromatic N) is 1. The number of nitrogen functional groups attached to an aromatic ring is 1. The second-order valence-electron chi connectivity index (χ2n) is 5.10. The monoisotopic (exact) mass is 282 g/mol. The molecule has 1 amide bonds. The van der Waals surface area contributed by atoms with E-state index in [1.165, 1.54) is 25.3 Å². The summed E-state index contributed by atoms with van der Waals surface area (Å²) in [6, 6.07) is 3.12. The van der Waals surface area contributed by atoms with Crippen LogP contribution in [0.1, 0.15) is 43.0 Å². The highest BCUT2D eigenvalue weighted by Gasteiger charge is 2.35. The Morgan fingerprint density at radius 3 is 2.79 bits per heavy atom. The van der Waals surface area contributed by atoms with Gasteiger partial charge in [-0.05, 0) is 36.8 Å². The second-order valence-corrected chi connectivity index (χ2v) is 5.49.